The fourth-order valence-electron chi connectivity index (χ4n) is 2.52. The summed E-state index contributed by atoms with van der Waals surface area (Å²) in [6.07, 6.45) is 0. The number of benzene rings is 2. The molecule has 0 unspecified atom stereocenters. The minimum absolute atomic E-state index is 0.0862. The largest absolute Gasteiger partial charge is 0.291 e. The zero-order chi connectivity index (χ0) is 23.3. The summed E-state index contributed by atoms with van der Waals surface area (Å²) in [5, 5.41) is 0. The second-order valence-corrected chi connectivity index (χ2v) is 11.2. The molecule has 0 saturated carbocycles. The van der Waals surface area contributed by atoms with Gasteiger partial charge in [-0.2, -0.15) is 0 Å². The summed E-state index contributed by atoms with van der Waals surface area (Å²) in [4.78, 5) is 20.9. The topological polar surface area (TPSA) is 34.1 Å². The molecule has 2 nitrogen and oxygen atoms in total. The van der Waals surface area contributed by atoms with Crippen LogP contribution in [-0.4, -0.2) is 21.2 Å². The van der Waals surface area contributed by atoms with E-state index < -0.39 is 9.67 Å². The van der Waals surface area contributed by atoms with E-state index in [0.717, 1.165) is 0 Å². The zero-order valence-electron chi connectivity index (χ0n) is 18.1. The van der Waals surface area contributed by atoms with Crippen LogP contribution in [0.4, 0.5) is 0 Å². The molecular weight excluding hydrogens is 462 g/mol. The third-order valence-corrected chi connectivity index (χ3v) is 5.26. The van der Waals surface area contributed by atoms with Crippen molar-refractivity contribution >= 4 is 58.0 Å². The van der Waals surface area contributed by atoms with Gasteiger partial charge in [0.1, 0.15) is 0 Å². The maximum Gasteiger partial charge on any atom is 0.195 e. The van der Waals surface area contributed by atoms with Gasteiger partial charge in [-0.15, -0.1) is 0 Å². The highest BCUT2D eigenvalue weighted by Crippen LogP contribution is 2.24. The van der Waals surface area contributed by atoms with Crippen LogP contribution in [0, 0.1) is 0 Å². The van der Waals surface area contributed by atoms with Gasteiger partial charge in [-0.25, -0.2) is 0 Å². The molecule has 0 aliphatic rings. The molecule has 6 heteroatoms. The summed E-state index contributed by atoms with van der Waals surface area (Å²) in [5.74, 6) is -0.502. The molecule has 0 amide bonds. The molecule has 0 atom stereocenters. The molecule has 0 aromatic heterocycles. The number of rotatable bonds is 4. The van der Waals surface area contributed by atoms with E-state index in [2.05, 4.69) is 41.5 Å². The van der Waals surface area contributed by atoms with Crippen LogP contribution in [0.25, 0.3) is 0 Å². The molecule has 0 aliphatic heterocycles. The Labute approximate surface area is 199 Å². The molecule has 2 aromatic carbocycles. The lowest BCUT2D eigenvalue weighted by Crippen LogP contribution is -2.12. The molecule has 30 heavy (non-hydrogen) atoms. The minimum atomic E-state index is -0.981. The van der Waals surface area contributed by atoms with Crippen LogP contribution >= 0.6 is 46.4 Å². The van der Waals surface area contributed by atoms with Crippen molar-refractivity contribution in [2.45, 2.75) is 62.0 Å². The number of carbonyl (C=O) groups is 2. The van der Waals surface area contributed by atoms with Crippen LogP contribution < -0.4 is 0 Å². The van der Waals surface area contributed by atoms with Crippen LogP contribution in [-0.2, 0) is 10.8 Å². The minimum Gasteiger partial charge on any atom is -0.291 e. The van der Waals surface area contributed by atoms with Gasteiger partial charge in [-0.05, 0) is 22.0 Å². The van der Waals surface area contributed by atoms with E-state index in [9.17, 15) is 9.59 Å². The van der Waals surface area contributed by atoms with Crippen molar-refractivity contribution in [3.05, 3.63) is 70.8 Å². The van der Waals surface area contributed by atoms with Crippen LogP contribution in [0.1, 0.15) is 73.4 Å². The average molecular weight is 490 g/mol. The van der Waals surface area contributed by atoms with Gasteiger partial charge >= 0.3 is 0 Å². The van der Waals surface area contributed by atoms with Crippen molar-refractivity contribution in [1.29, 1.82) is 0 Å². The van der Waals surface area contributed by atoms with E-state index >= 15 is 0 Å². The van der Waals surface area contributed by atoms with E-state index in [1.807, 2.05) is 24.3 Å². The predicted octanol–water partition coefficient (Wildman–Crippen LogP) is 7.94. The average Bonchev–Trinajstić information content (AvgIpc) is 2.66. The maximum absolute atomic E-state index is 11.4. The highest BCUT2D eigenvalue weighted by molar-refractivity contribution is 6.55. The Morgan fingerprint density at radius 3 is 0.967 bits per heavy atom. The van der Waals surface area contributed by atoms with E-state index in [-0.39, 0.29) is 22.4 Å². The molecule has 0 aliphatic carbocycles. The molecule has 0 spiro atoms. The van der Waals surface area contributed by atoms with Crippen molar-refractivity contribution < 1.29 is 9.59 Å². The first-order chi connectivity index (χ1) is 13.6. The van der Waals surface area contributed by atoms with Gasteiger partial charge in [0, 0.05) is 11.1 Å². The molecule has 0 radical (unpaired) electrons. The Bertz CT molecular complexity index is 767. The quantitative estimate of drug-likeness (QED) is 0.322. The SMILES string of the molecule is CC(C)(C)c1ccc(C(=O)C(Cl)Cl)cc1.CC(C)(C)c1ccc(C(=O)C(Cl)Cl)cc1. The van der Waals surface area contributed by atoms with Crippen molar-refractivity contribution in [2.75, 3.05) is 0 Å². The van der Waals surface area contributed by atoms with E-state index in [0.29, 0.717) is 11.1 Å². The van der Waals surface area contributed by atoms with Crippen LogP contribution in [0.3, 0.4) is 0 Å². The van der Waals surface area contributed by atoms with Crippen molar-refractivity contribution in [3.63, 3.8) is 0 Å². The zero-order valence-corrected chi connectivity index (χ0v) is 21.1. The molecular formula is C24H28Cl4O2. The van der Waals surface area contributed by atoms with Crippen molar-refractivity contribution in [2.24, 2.45) is 0 Å². The number of Topliss-reactive ketones (excluding diaryl/α,β-unsaturated/α-hetero) is 2. The molecule has 0 heterocycles. The Hall–Kier alpha value is -1.06. The standard InChI is InChI=1S/2C12H14Cl2O/c2*1-12(2,3)9-6-4-8(5-7-9)10(15)11(13)14/h2*4-7,11H,1-3H3. The Morgan fingerprint density at radius 2 is 0.800 bits per heavy atom. The predicted molar refractivity (Wildman–Crippen MR) is 130 cm³/mol. The molecule has 0 fully saturated rings. The lowest BCUT2D eigenvalue weighted by molar-refractivity contribution is 0.0999. The second-order valence-electron chi connectivity index (χ2n) is 8.98. The van der Waals surface area contributed by atoms with Gasteiger partial charge in [-0.3, -0.25) is 9.59 Å². The highest BCUT2D eigenvalue weighted by atomic mass is 35.5. The van der Waals surface area contributed by atoms with Gasteiger partial charge < -0.3 is 0 Å². The number of carbonyl (C=O) groups excluding carboxylic acids is 2. The van der Waals surface area contributed by atoms with Gasteiger partial charge in [0.25, 0.3) is 0 Å². The molecule has 0 N–H and O–H groups in total. The first kappa shape index (κ1) is 27.0. The van der Waals surface area contributed by atoms with Crippen LogP contribution in [0.2, 0.25) is 0 Å². The fourth-order valence-corrected chi connectivity index (χ4v) is 3.02. The monoisotopic (exact) mass is 488 g/mol. The number of alkyl halides is 4. The third-order valence-electron chi connectivity index (χ3n) is 4.47. The first-order valence-electron chi connectivity index (χ1n) is 9.50. The smallest absolute Gasteiger partial charge is 0.195 e. The van der Waals surface area contributed by atoms with Crippen LogP contribution in [0.15, 0.2) is 48.5 Å². The summed E-state index contributed by atoms with van der Waals surface area (Å²) < 4.78 is 0. The van der Waals surface area contributed by atoms with Gasteiger partial charge in [0.05, 0.1) is 0 Å². The molecule has 2 aromatic rings. The van der Waals surface area contributed by atoms with E-state index in [4.69, 9.17) is 46.4 Å². The Morgan fingerprint density at radius 1 is 0.567 bits per heavy atom. The van der Waals surface area contributed by atoms with Crippen molar-refractivity contribution in [3.8, 4) is 0 Å². The molecule has 164 valence electrons. The summed E-state index contributed by atoms with van der Waals surface area (Å²) >= 11 is 22.0. The summed E-state index contributed by atoms with van der Waals surface area (Å²) in [6, 6.07) is 14.8. The highest BCUT2D eigenvalue weighted by Gasteiger charge is 2.18. The second kappa shape index (κ2) is 11.0. The summed E-state index contributed by atoms with van der Waals surface area (Å²) in [6.45, 7) is 12.7. The third kappa shape index (κ3) is 8.23. The number of hydrogen-bond donors (Lipinski definition) is 0. The van der Waals surface area contributed by atoms with Crippen molar-refractivity contribution in [1.82, 2.24) is 0 Å². The lowest BCUT2D eigenvalue weighted by atomic mass is 9.86. The Balaban J connectivity index is 0.000000300. The number of hydrogen-bond acceptors (Lipinski definition) is 2. The summed E-state index contributed by atoms with van der Waals surface area (Å²) in [5.41, 5.74) is 3.64. The lowest BCUT2D eigenvalue weighted by Gasteiger charge is -2.19. The van der Waals surface area contributed by atoms with E-state index in [1.54, 1.807) is 24.3 Å². The number of ketones is 2. The number of halogens is 4. The van der Waals surface area contributed by atoms with Gasteiger partial charge in [0.2, 0.25) is 0 Å². The fraction of sp³-hybridized carbons (Fsp3) is 0.417. The molecule has 0 saturated heterocycles. The van der Waals surface area contributed by atoms with Gasteiger partial charge in [-0.1, -0.05) is 136 Å². The molecule has 2 rings (SSSR count). The summed E-state index contributed by atoms with van der Waals surface area (Å²) in [7, 11) is 0. The first-order valence-corrected chi connectivity index (χ1v) is 11.2. The Kier molecular flexibility index (Phi) is 9.89. The normalized spacial score (nSPS) is 11.9. The van der Waals surface area contributed by atoms with E-state index in [1.165, 1.54) is 11.1 Å². The van der Waals surface area contributed by atoms with Gasteiger partial charge in [0.15, 0.2) is 21.2 Å². The molecule has 0 bridgehead atoms. The maximum atomic E-state index is 11.4. The van der Waals surface area contributed by atoms with Crippen LogP contribution in [0.5, 0.6) is 0 Å².